The van der Waals surface area contributed by atoms with Gasteiger partial charge in [-0.1, -0.05) is 0 Å². The van der Waals surface area contributed by atoms with Gasteiger partial charge in [-0.15, -0.1) is 0 Å². The van der Waals surface area contributed by atoms with Gasteiger partial charge in [-0.25, -0.2) is 0 Å². The zero-order valence-electron chi connectivity index (χ0n) is 28.9. The van der Waals surface area contributed by atoms with Crippen molar-refractivity contribution in [2.75, 3.05) is 8.98 Å². The van der Waals surface area contributed by atoms with E-state index in [2.05, 4.69) is 15.4 Å². The van der Waals surface area contributed by atoms with E-state index < -0.39 is 100 Å². The Kier molecular flexibility index (Phi) is 10.6. The number of halogens is 2. The third kappa shape index (κ3) is 8.60. The molecule has 0 unspecified atom stereocenters. The molecule has 3 fully saturated rings. The Morgan fingerprint density at radius 1 is 1.08 bits per heavy atom. The number of benzene rings is 1. The molecule has 51 heavy (non-hydrogen) atoms. The molecule has 2 saturated carbocycles. The molecule has 2 aliphatic carbocycles. The molecule has 0 bridgehead atoms. The van der Waals surface area contributed by atoms with E-state index in [0.29, 0.717) is 36.8 Å². The molecular weight excluding hydrogens is 800 g/mol. The van der Waals surface area contributed by atoms with Crippen LogP contribution >= 0.6 is 20.2 Å². The molecule has 5 aliphatic rings. The van der Waals surface area contributed by atoms with Crippen molar-refractivity contribution in [2.45, 2.75) is 114 Å². The summed E-state index contributed by atoms with van der Waals surface area (Å²) < 4.78 is 53.5. The number of amides is 5. The van der Waals surface area contributed by atoms with Crippen LogP contribution in [-0.2, 0) is 45.3 Å². The number of rotatable bonds is 5. The normalized spacial score (nSPS) is 28.2. The number of fused-ring (bicyclic) bond motifs is 3. The molecule has 4 atom stereocenters. The van der Waals surface area contributed by atoms with Crippen LogP contribution in [0.3, 0.4) is 0 Å². The van der Waals surface area contributed by atoms with Gasteiger partial charge in [0.15, 0.2) is 0 Å². The monoisotopic (exact) mass is 845 g/mol. The molecule has 14 nitrogen and oxygen atoms in total. The molecule has 5 amide bonds. The summed E-state index contributed by atoms with van der Waals surface area (Å²) in [6.45, 7) is 5.27. The summed E-state index contributed by atoms with van der Waals surface area (Å²) in [6.07, 6.45) is 6.37. The number of allylic oxidation sites excluding steroid dienone is 1. The third-order valence-corrected chi connectivity index (χ3v) is 15.7. The maximum absolute atomic E-state index is 14.4. The molecule has 3 heterocycles. The van der Waals surface area contributed by atoms with Crippen molar-refractivity contribution in [1.82, 2.24) is 25.2 Å². The van der Waals surface area contributed by atoms with Crippen LogP contribution in [0, 0.1) is 11.7 Å². The number of alkyl carbamates (subject to hydrolysis) is 1. The minimum atomic E-state index is -3.91. The van der Waals surface area contributed by atoms with Gasteiger partial charge < -0.3 is 0 Å². The summed E-state index contributed by atoms with van der Waals surface area (Å²) in [4.78, 5) is 71.0. The molecule has 1 aromatic carbocycles. The van der Waals surface area contributed by atoms with Gasteiger partial charge in [0, 0.05) is 0 Å². The third-order valence-electron chi connectivity index (χ3n) is 9.59. The van der Waals surface area contributed by atoms with Crippen LogP contribution in [0.2, 0.25) is 0 Å². The number of nitrogens with zero attached hydrogens (tertiary/aromatic N) is 2. The van der Waals surface area contributed by atoms with Gasteiger partial charge in [0.2, 0.25) is 0 Å². The topological polar surface area (TPSA) is 181 Å². The Bertz CT molecular complexity index is 1730. The minimum absolute atomic E-state index is 0.0234. The van der Waals surface area contributed by atoms with E-state index in [9.17, 15) is 36.8 Å². The summed E-state index contributed by atoms with van der Waals surface area (Å²) in [5, 5.41) is 4.84. The van der Waals surface area contributed by atoms with Crippen molar-refractivity contribution in [2.24, 2.45) is 5.92 Å². The van der Waals surface area contributed by atoms with Crippen molar-refractivity contribution in [3.8, 4) is 0 Å². The zero-order chi connectivity index (χ0) is 36.7. The van der Waals surface area contributed by atoms with Gasteiger partial charge in [-0.2, -0.15) is 0 Å². The van der Waals surface area contributed by atoms with E-state index in [1.807, 2.05) is 12.2 Å². The van der Waals surface area contributed by atoms with E-state index in [-0.39, 0.29) is 34.9 Å². The molecule has 0 spiro atoms. The summed E-state index contributed by atoms with van der Waals surface area (Å²) in [5.74, 6) is -2.95. The molecule has 3 N–H and O–H groups in total. The summed E-state index contributed by atoms with van der Waals surface area (Å²) >= 11 is -2.92. The fourth-order valence-electron chi connectivity index (χ4n) is 6.58. The number of hydrogen-bond acceptors (Lipinski definition) is 9. The van der Waals surface area contributed by atoms with Crippen LogP contribution in [0.1, 0.15) is 83.3 Å². The zero-order valence-corrected chi connectivity index (χ0v) is 31.9. The van der Waals surface area contributed by atoms with E-state index in [0.717, 1.165) is 12.8 Å². The first-order valence-electron chi connectivity index (χ1n) is 17.3. The Morgan fingerprint density at radius 3 is 2.55 bits per heavy atom. The average Bonchev–Trinajstić information content (AvgIpc) is 3.93. The average molecular weight is 846 g/mol. The van der Waals surface area contributed by atoms with E-state index in [4.69, 9.17) is 7.80 Å². The Labute approximate surface area is 304 Å². The quantitative estimate of drug-likeness (QED) is 0.172. The van der Waals surface area contributed by atoms with Crippen molar-refractivity contribution >= 4 is 60.2 Å². The fraction of sp³-hybridized carbons (Fsp3) is 0.618. The predicted molar refractivity (Wildman–Crippen MR) is 191 cm³/mol. The van der Waals surface area contributed by atoms with Gasteiger partial charge >= 0.3 is 306 Å². The maximum atomic E-state index is 14.4. The molecule has 6 rings (SSSR count). The first kappa shape index (κ1) is 37.3. The molecule has 0 radical (unpaired) electrons. The van der Waals surface area contributed by atoms with Crippen molar-refractivity contribution in [1.29, 1.82) is 0 Å². The first-order chi connectivity index (χ1) is 24.1. The fourth-order valence-corrected chi connectivity index (χ4v) is 12.8. The second kappa shape index (κ2) is 14.5. The second-order valence-electron chi connectivity index (χ2n) is 14.8. The molecular formula is C34H45FIN5O9S. The number of nitrogens with one attached hydrogen (secondary N) is 3. The van der Waals surface area contributed by atoms with Crippen LogP contribution < -0.4 is 15.4 Å². The Morgan fingerprint density at radius 2 is 1.84 bits per heavy atom. The van der Waals surface area contributed by atoms with E-state index in [1.165, 1.54) is 15.9 Å². The van der Waals surface area contributed by atoms with Crippen LogP contribution in [0.25, 0.3) is 0 Å². The summed E-state index contributed by atoms with van der Waals surface area (Å²) in [7, 11) is -3.91. The molecule has 1 aromatic rings. The number of hydrogen-bond donors (Lipinski definition) is 3. The predicted octanol–water partition coefficient (Wildman–Crippen LogP) is 3.76. The number of alkyl halides is 2. The van der Waals surface area contributed by atoms with E-state index >= 15 is 0 Å². The van der Waals surface area contributed by atoms with Crippen LogP contribution in [-0.4, -0.2) is 85.6 Å². The van der Waals surface area contributed by atoms with Crippen molar-refractivity contribution < 1.29 is 44.6 Å². The van der Waals surface area contributed by atoms with Crippen molar-refractivity contribution in [3.05, 3.63) is 47.3 Å². The molecule has 3 aliphatic heterocycles. The van der Waals surface area contributed by atoms with Gasteiger partial charge in [0.05, 0.1) is 0 Å². The van der Waals surface area contributed by atoms with Crippen molar-refractivity contribution in [3.63, 3.8) is 0 Å². The Balaban J connectivity index is 1.25. The summed E-state index contributed by atoms with van der Waals surface area (Å²) in [6, 6.07) is 2.42. The Hall–Kier alpha value is -3.48. The first-order valence-corrected chi connectivity index (χ1v) is 22.7. The van der Waals surface area contributed by atoms with Crippen LogP contribution in [0.15, 0.2) is 30.4 Å². The van der Waals surface area contributed by atoms with Gasteiger partial charge in [-0.3, -0.25) is 0 Å². The number of carbonyl (C=O) groups is 5. The molecule has 1 saturated heterocycles. The van der Waals surface area contributed by atoms with Gasteiger partial charge in [-0.05, 0) is 0 Å². The molecule has 0 aromatic heterocycles. The van der Waals surface area contributed by atoms with Crippen LogP contribution in [0.4, 0.5) is 14.0 Å². The molecule has 280 valence electrons. The SMILES string of the molecule is CC(C)(C)OC(=O)N[C@H]1CCCCC/C=C\[C@@H]2C[C@@]2(C(=O)NS(=O)(=O)C2CC2)NC(=O)[C@@H]2CI(OC(=O)N3Cc4cccc(F)c4C3)CN2C1=O. The number of ether oxygens (including phenoxy) is 1. The standard InChI is InChI=1S/C34H45FIN5O9S/c1-33(2,3)49-31(45)37-26-13-8-6-4-5-7-11-22-16-34(22,30(44)39-51(47,48)23-14-15-23)38-28(42)27-17-36(20-41(27)29(26)43)50-32(46)40-18-21-10-9-12-25(35)24(21)19-40/h7,9-12,22-23,26-27H,4-6,8,13-20H2,1-3H3,(H,37,45)(H,38,42)(H,39,44)/b11-7-/t22-,26+,27+,34-/m1/s1. The van der Waals surface area contributed by atoms with Crippen LogP contribution in [0.5, 0.6) is 0 Å². The molecule has 17 heteroatoms. The number of sulfonamides is 1. The van der Waals surface area contributed by atoms with Gasteiger partial charge in [0.1, 0.15) is 0 Å². The van der Waals surface area contributed by atoms with Gasteiger partial charge in [0.25, 0.3) is 0 Å². The number of carbonyl (C=O) groups excluding carboxylic acids is 5. The van der Waals surface area contributed by atoms with E-state index in [1.54, 1.807) is 32.9 Å². The second-order valence-corrected chi connectivity index (χ2v) is 21.1. The summed E-state index contributed by atoms with van der Waals surface area (Å²) in [5.41, 5.74) is -1.30.